The molecule has 4 aromatic heterocycles. The lowest BCUT2D eigenvalue weighted by Crippen LogP contribution is -2.09. The summed E-state index contributed by atoms with van der Waals surface area (Å²) in [6.45, 7) is 8.36. The van der Waals surface area contributed by atoms with E-state index in [1.807, 2.05) is 47.2 Å². The molecule has 0 N–H and O–H groups in total. The van der Waals surface area contributed by atoms with Gasteiger partial charge in [0, 0.05) is 23.9 Å². The second-order valence-corrected chi connectivity index (χ2v) is 17.5. The van der Waals surface area contributed by atoms with Gasteiger partial charge in [0.05, 0.1) is 43.8 Å². The number of benzene rings is 4. The van der Waals surface area contributed by atoms with Crippen LogP contribution in [0, 0.1) is 13.8 Å². The first-order valence-electron chi connectivity index (χ1n) is 18.5. The number of rotatable bonds is 13. The molecule has 4 aromatic carbocycles. The first-order valence-corrected chi connectivity index (χ1v) is 22.6. The van der Waals surface area contributed by atoms with E-state index in [0.717, 1.165) is 41.7 Å². The Kier molecular flexibility index (Phi) is 11.4. The summed E-state index contributed by atoms with van der Waals surface area (Å²) in [6, 6.07) is 37.9. The van der Waals surface area contributed by atoms with Crippen molar-refractivity contribution in [3.63, 3.8) is 0 Å². The van der Waals surface area contributed by atoms with Crippen LogP contribution in [-0.2, 0) is 21.0 Å². The summed E-state index contributed by atoms with van der Waals surface area (Å²) in [5.74, 6) is 0.610. The number of hydrogen-bond donors (Lipinski definition) is 0. The van der Waals surface area contributed by atoms with Gasteiger partial charge < -0.3 is 18.3 Å². The fourth-order valence-electron chi connectivity index (χ4n) is 7.05. The van der Waals surface area contributed by atoms with Gasteiger partial charge in [-0.25, -0.2) is 9.59 Å². The van der Waals surface area contributed by atoms with Crippen LogP contribution in [0.15, 0.2) is 141 Å². The third kappa shape index (κ3) is 7.43. The second kappa shape index (κ2) is 16.8. The fourth-order valence-corrected chi connectivity index (χ4v) is 12.7. The highest BCUT2D eigenvalue weighted by Crippen LogP contribution is 2.52. The number of pyridine rings is 2. The molecule has 282 valence electrons. The van der Waals surface area contributed by atoms with E-state index in [9.17, 15) is 9.59 Å². The Labute approximate surface area is 342 Å². The van der Waals surface area contributed by atoms with E-state index in [2.05, 4.69) is 111 Å². The molecule has 4 heterocycles. The molecule has 0 saturated carbocycles. The average molecular weight is 813 g/mol. The van der Waals surface area contributed by atoms with Crippen LogP contribution in [0.4, 0.5) is 0 Å². The number of thioether (sulfide) groups is 2. The molecule has 8 aromatic rings. The summed E-state index contributed by atoms with van der Waals surface area (Å²) < 4.78 is 15.4. The minimum absolute atomic E-state index is 0.270. The van der Waals surface area contributed by atoms with E-state index in [4.69, 9.17) is 9.47 Å². The Hall–Kier alpha value is -4.74. The molecule has 0 aliphatic heterocycles. The molecule has 0 spiro atoms. The zero-order chi connectivity index (χ0) is 38.8. The monoisotopic (exact) mass is 812 g/mol. The van der Waals surface area contributed by atoms with E-state index < -0.39 is 0 Å². The smallest absolute Gasteiger partial charge is 0.356 e. The number of esters is 2. The lowest BCUT2D eigenvalue weighted by atomic mass is 10.1. The van der Waals surface area contributed by atoms with Gasteiger partial charge in [-0.3, -0.25) is 0 Å². The minimum atomic E-state index is -0.357. The summed E-state index contributed by atoms with van der Waals surface area (Å²) >= 11 is 3.32. The van der Waals surface area contributed by atoms with Crippen LogP contribution >= 0.6 is 45.1 Å². The van der Waals surface area contributed by atoms with Crippen molar-refractivity contribution in [2.24, 2.45) is 0 Å². The number of hydrogen-bond acceptors (Lipinski definition) is 8. The molecule has 56 heavy (non-hydrogen) atoms. The lowest BCUT2D eigenvalue weighted by Gasteiger charge is -2.11. The summed E-state index contributed by atoms with van der Waals surface area (Å²) in [5.41, 5.74) is 7.46. The van der Waals surface area contributed by atoms with E-state index in [-0.39, 0.29) is 25.2 Å². The molecule has 6 nitrogen and oxygen atoms in total. The SMILES string of the molecule is CCOC(=O)c1c(SCc2cccc3ccccc23)c(SSc2c(SCc3cccc4ccccc34)c(C(=O)OCC)n3ccc(C)cc23)c2cc(C)ccn12. The van der Waals surface area contributed by atoms with Gasteiger partial charge in [0.2, 0.25) is 0 Å². The van der Waals surface area contributed by atoms with Gasteiger partial charge in [0.25, 0.3) is 0 Å². The first-order chi connectivity index (χ1) is 27.4. The van der Waals surface area contributed by atoms with Crippen LogP contribution in [0.25, 0.3) is 32.6 Å². The molecule has 8 rings (SSSR count). The summed E-state index contributed by atoms with van der Waals surface area (Å²) in [7, 11) is 3.24. The van der Waals surface area contributed by atoms with Crippen molar-refractivity contribution in [3.8, 4) is 0 Å². The zero-order valence-corrected chi connectivity index (χ0v) is 34.8. The molecule has 10 heteroatoms. The second-order valence-electron chi connectivity index (χ2n) is 13.4. The van der Waals surface area contributed by atoms with E-state index in [0.29, 0.717) is 22.9 Å². The largest absolute Gasteiger partial charge is 0.461 e. The predicted octanol–water partition coefficient (Wildman–Crippen LogP) is 12.9. The molecule has 0 amide bonds. The molecule has 0 radical (unpaired) electrons. The number of carbonyl (C=O) groups is 2. The van der Waals surface area contributed by atoms with Gasteiger partial charge in [-0.15, -0.1) is 23.5 Å². The maximum Gasteiger partial charge on any atom is 0.356 e. The summed E-state index contributed by atoms with van der Waals surface area (Å²) in [4.78, 5) is 31.4. The molecular formula is C46H40N2O4S4. The molecule has 0 bridgehead atoms. The van der Waals surface area contributed by atoms with Crippen molar-refractivity contribution in [2.75, 3.05) is 13.2 Å². The predicted molar refractivity (Wildman–Crippen MR) is 235 cm³/mol. The summed E-state index contributed by atoms with van der Waals surface area (Å²) in [5, 5.41) is 4.75. The van der Waals surface area contributed by atoms with Crippen molar-refractivity contribution in [2.45, 2.75) is 58.8 Å². The van der Waals surface area contributed by atoms with E-state index >= 15 is 0 Å². The number of carbonyl (C=O) groups excluding carboxylic acids is 2. The molecule has 0 aliphatic rings. The van der Waals surface area contributed by atoms with Crippen LogP contribution in [-0.4, -0.2) is 34.0 Å². The van der Waals surface area contributed by atoms with Crippen LogP contribution < -0.4 is 0 Å². The average Bonchev–Trinajstić information content (AvgIpc) is 3.68. The van der Waals surface area contributed by atoms with Crippen molar-refractivity contribution >= 4 is 89.6 Å². The van der Waals surface area contributed by atoms with Crippen LogP contribution in [0.5, 0.6) is 0 Å². The fraction of sp³-hybridized carbons (Fsp3) is 0.174. The Morgan fingerprint density at radius 3 is 1.38 bits per heavy atom. The lowest BCUT2D eigenvalue weighted by molar-refractivity contribution is 0.0504. The molecule has 0 unspecified atom stereocenters. The number of ether oxygens (including phenoxy) is 2. The van der Waals surface area contributed by atoms with E-state index in [1.165, 1.54) is 32.7 Å². The van der Waals surface area contributed by atoms with Crippen molar-refractivity contribution in [1.82, 2.24) is 8.80 Å². The first kappa shape index (κ1) is 38.1. The van der Waals surface area contributed by atoms with Gasteiger partial charge in [0.1, 0.15) is 11.4 Å². The van der Waals surface area contributed by atoms with Crippen molar-refractivity contribution in [1.29, 1.82) is 0 Å². The maximum absolute atomic E-state index is 13.9. The van der Waals surface area contributed by atoms with Gasteiger partial charge in [-0.1, -0.05) is 84.9 Å². The third-order valence-corrected chi connectivity index (χ3v) is 14.7. The van der Waals surface area contributed by atoms with Crippen LogP contribution in [0.2, 0.25) is 0 Å². The highest BCUT2D eigenvalue weighted by Gasteiger charge is 2.29. The molecule has 0 atom stereocenters. The topological polar surface area (TPSA) is 61.4 Å². The third-order valence-electron chi connectivity index (χ3n) is 9.66. The van der Waals surface area contributed by atoms with Crippen LogP contribution in [0.3, 0.4) is 0 Å². The zero-order valence-electron chi connectivity index (χ0n) is 31.5. The number of fused-ring (bicyclic) bond motifs is 4. The normalized spacial score (nSPS) is 11.6. The quantitative estimate of drug-likeness (QED) is 0.0648. The molecule has 0 aliphatic carbocycles. The van der Waals surface area contributed by atoms with Crippen molar-refractivity contribution in [3.05, 3.63) is 155 Å². The number of aryl methyl sites for hydroxylation is 2. The highest BCUT2D eigenvalue weighted by atomic mass is 33.1. The molecule has 0 saturated heterocycles. The van der Waals surface area contributed by atoms with Crippen LogP contribution in [0.1, 0.15) is 57.1 Å². The van der Waals surface area contributed by atoms with Crippen molar-refractivity contribution < 1.29 is 19.1 Å². The minimum Gasteiger partial charge on any atom is -0.461 e. The van der Waals surface area contributed by atoms with Gasteiger partial charge in [0.15, 0.2) is 0 Å². The Bertz CT molecular complexity index is 2570. The van der Waals surface area contributed by atoms with Gasteiger partial charge >= 0.3 is 11.9 Å². The van der Waals surface area contributed by atoms with Gasteiger partial charge in [-0.2, -0.15) is 0 Å². The standard InChI is InChI=1S/C46H40N2O4S4/c1-5-51-45(49)39-43(53-27-33-17-11-15-31-13-7-9-19-35(31)33)41(37-25-29(3)21-23-47(37)39)55-56-42-38-26-30(4)22-24-48(38)40(46(50)52-6-2)44(42)54-28-34-18-12-16-32-14-8-10-20-36(32)34/h7-26H,5-6,27-28H2,1-4H3. The Balaban J connectivity index is 1.25. The number of aromatic nitrogens is 2. The molecular weight excluding hydrogens is 773 g/mol. The highest BCUT2D eigenvalue weighted by molar-refractivity contribution is 8.76. The maximum atomic E-state index is 13.9. The number of nitrogens with zero attached hydrogens (tertiary/aromatic N) is 2. The van der Waals surface area contributed by atoms with E-state index in [1.54, 1.807) is 45.1 Å². The van der Waals surface area contributed by atoms with Gasteiger partial charge in [-0.05, 0) is 117 Å². The molecule has 0 fully saturated rings. The summed E-state index contributed by atoms with van der Waals surface area (Å²) in [6.07, 6.45) is 3.93. The Morgan fingerprint density at radius 1 is 0.536 bits per heavy atom. The Morgan fingerprint density at radius 2 is 0.946 bits per heavy atom.